The molecule has 0 amide bonds. The molecule has 0 spiro atoms. The number of nitrogens with one attached hydrogen (secondary N) is 1. The van der Waals surface area contributed by atoms with Crippen molar-refractivity contribution in [3.63, 3.8) is 0 Å². The summed E-state index contributed by atoms with van der Waals surface area (Å²) in [6, 6.07) is 21.0. The second-order valence-corrected chi connectivity index (χ2v) is 9.70. The van der Waals surface area contributed by atoms with E-state index in [1.807, 2.05) is 73.7 Å². The van der Waals surface area contributed by atoms with Gasteiger partial charge in [0.05, 0.1) is 31.0 Å². The number of H-pyrrole nitrogens is 1. The standard InChI is InChI=1S/C30H31N5O4/c1-20-18-23(39-21-6-3-2-4-7-21)9-11-26(20)35-29(31)27-28(33-35)24-10-8-22(19-25(24)32-30(27)36)38-15-5-12-34-13-16-37-17-14-34/h2-4,6-11,18-19H,5,12-17,31H2,1H3,(H,32,36). The number of nitrogens with zero attached hydrogens (tertiary/aromatic N) is 3. The Morgan fingerprint density at radius 1 is 1.00 bits per heavy atom. The normalized spacial score (nSPS) is 14.2. The SMILES string of the molecule is Cc1cc(Oc2ccccc2)ccc1-n1nc2c(c1N)c(=O)[nH]c1cc(OCCCN3CCOCC3)ccc12. The molecule has 0 radical (unpaired) electrons. The monoisotopic (exact) mass is 525 g/mol. The Morgan fingerprint density at radius 2 is 1.79 bits per heavy atom. The molecule has 6 rings (SSSR count). The maximum Gasteiger partial charge on any atom is 0.261 e. The van der Waals surface area contributed by atoms with E-state index < -0.39 is 0 Å². The molecule has 0 atom stereocenters. The van der Waals surface area contributed by atoms with Crippen LogP contribution in [-0.2, 0) is 4.74 Å². The first-order valence-electron chi connectivity index (χ1n) is 13.2. The van der Waals surface area contributed by atoms with Crippen molar-refractivity contribution in [2.75, 3.05) is 45.2 Å². The average Bonchev–Trinajstić information content (AvgIpc) is 3.30. The van der Waals surface area contributed by atoms with Gasteiger partial charge in [0.15, 0.2) is 0 Å². The van der Waals surface area contributed by atoms with E-state index in [0.717, 1.165) is 61.7 Å². The molecule has 9 nitrogen and oxygen atoms in total. The minimum Gasteiger partial charge on any atom is -0.493 e. The number of aromatic amines is 1. The smallest absolute Gasteiger partial charge is 0.261 e. The number of benzene rings is 3. The summed E-state index contributed by atoms with van der Waals surface area (Å²) in [6.07, 6.45) is 0.920. The van der Waals surface area contributed by atoms with Gasteiger partial charge in [-0.15, -0.1) is 0 Å². The summed E-state index contributed by atoms with van der Waals surface area (Å²) < 4.78 is 19.0. The van der Waals surface area contributed by atoms with Crippen LogP contribution in [0.4, 0.5) is 5.82 Å². The Hall–Kier alpha value is -4.34. The lowest BCUT2D eigenvalue weighted by Crippen LogP contribution is -2.37. The first-order chi connectivity index (χ1) is 19.1. The molecule has 3 aromatic carbocycles. The highest BCUT2D eigenvalue weighted by Gasteiger charge is 2.18. The van der Waals surface area contributed by atoms with Gasteiger partial charge in [0.1, 0.15) is 34.0 Å². The minimum absolute atomic E-state index is 0.285. The van der Waals surface area contributed by atoms with Crippen LogP contribution >= 0.6 is 0 Å². The molecule has 2 aromatic heterocycles. The quantitative estimate of drug-likeness (QED) is 0.284. The second kappa shape index (κ2) is 10.8. The van der Waals surface area contributed by atoms with Gasteiger partial charge >= 0.3 is 0 Å². The van der Waals surface area contributed by atoms with Gasteiger partial charge in [-0.05, 0) is 61.4 Å². The number of hydrogen-bond donors (Lipinski definition) is 2. The predicted octanol–water partition coefficient (Wildman–Crippen LogP) is 4.65. The third kappa shape index (κ3) is 5.19. The lowest BCUT2D eigenvalue weighted by atomic mass is 10.1. The third-order valence-corrected chi connectivity index (χ3v) is 7.01. The first-order valence-corrected chi connectivity index (χ1v) is 13.2. The van der Waals surface area contributed by atoms with E-state index in [0.29, 0.717) is 34.5 Å². The number of aryl methyl sites for hydroxylation is 1. The largest absolute Gasteiger partial charge is 0.493 e. The van der Waals surface area contributed by atoms with Crippen LogP contribution in [0.15, 0.2) is 71.5 Å². The van der Waals surface area contributed by atoms with Gasteiger partial charge < -0.3 is 24.9 Å². The Balaban J connectivity index is 1.25. The fourth-order valence-electron chi connectivity index (χ4n) is 4.99. The Morgan fingerprint density at radius 3 is 2.59 bits per heavy atom. The molecule has 9 heteroatoms. The number of para-hydroxylation sites is 1. The first kappa shape index (κ1) is 25.0. The van der Waals surface area contributed by atoms with Crippen LogP contribution in [0.2, 0.25) is 0 Å². The van der Waals surface area contributed by atoms with Crippen molar-refractivity contribution < 1.29 is 14.2 Å². The molecule has 200 valence electrons. The third-order valence-electron chi connectivity index (χ3n) is 7.01. The Labute approximate surface area is 225 Å². The molecule has 3 N–H and O–H groups in total. The summed E-state index contributed by atoms with van der Waals surface area (Å²) in [6.45, 7) is 7.05. The summed E-state index contributed by atoms with van der Waals surface area (Å²) in [5.41, 5.74) is 9.09. The maximum absolute atomic E-state index is 13.1. The number of rotatable bonds is 8. The molecule has 1 aliphatic rings. The highest BCUT2D eigenvalue weighted by molar-refractivity contribution is 6.07. The van der Waals surface area contributed by atoms with Crippen molar-refractivity contribution in [3.8, 4) is 22.9 Å². The average molecular weight is 526 g/mol. The highest BCUT2D eigenvalue weighted by Crippen LogP contribution is 2.31. The van der Waals surface area contributed by atoms with E-state index in [-0.39, 0.29) is 11.4 Å². The van der Waals surface area contributed by atoms with Crippen LogP contribution in [-0.4, -0.2) is 59.1 Å². The number of ether oxygens (including phenoxy) is 3. The summed E-state index contributed by atoms with van der Waals surface area (Å²) in [5, 5.41) is 5.95. The van der Waals surface area contributed by atoms with Crippen LogP contribution < -0.4 is 20.8 Å². The van der Waals surface area contributed by atoms with Crippen molar-refractivity contribution >= 4 is 27.6 Å². The van der Waals surface area contributed by atoms with Crippen LogP contribution in [0, 0.1) is 6.92 Å². The number of aromatic nitrogens is 3. The van der Waals surface area contributed by atoms with E-state index in [1.54, 1.807) is 4.68 Å². The molecular weight excluding hydrogens is 494 g/mol. The van der Waals surface area contributed by atoms with Gasteiger partial charge in [-0.25, -0.2) is 4.68 Å². The number of hydrogen-bond acceptors (Lipinski definition) is 7. The van der Waals surface area contributed by atoms with Gasteiger partial charge in [-0.3, -0.25) is 9.69 Å². The van der Waals surface area contributed by atoms with E-state index in [1.165, 1.54) is 0 Å². The fraction of sp³-hybridized carbons (Fsp3) is 0.267. The number of fused-ring (bicyclic) bond motifs is 3. The zero-order valence-electron chi connectivity index (χ0n) is 21.9. The topological polar surface area (TPSA) is 108 Å². The molecule has 1 saturated heterocycles. The molecule has 1 fully saturated rings. The van der Waals surface area contributed by atoms with Crippen LogP contribution in [0.3, 0.4) is 0 Å². The van der Waals surface area contributed by atoms with Gasteiger partial charge in [-0.1, -0.05) is 18.2 Å². The van der Waals surface area contributed by atoms with Crippen LogP contribution in [0.1, 0.15) is 12.0 Å². The molecule has 3 heterocycles. The van der Waals surface area contributed by atoms with E-state index in [9.17, 15) is 4.79 Å². The van der Waals surface area contributed by atoms with Crippen molar-refractivity contribution in [1.82, 2.24) is 19.7 Å². The van der Waals surface area contributed by atoms with Crippen molar-refractivity contribution in [2.45, 2.75) is 13.3 Å². The zero-order valence-corrected chi connectivity index (χ0v) is 21.9. The molecule has 0 saturated carbocycles. The van der Waals surface area contributed by atoms with E-state index in [4.69, 9.17) is 25.0 Å². The lowest BCUT2D eigenvalue weighted by Gasteiger charge is -2.26. The van der Waals surface area contributed by atoms with E-state index >= 15 is 0 Å². The van der Waals surface area contributed by atoms with Gasteiger partial charge in [-0.2, -0.15) is 5.10 Å². The maximum atomic E-state index is 13.1. The second-order valence-electron chi connectivity index (χ2n) is 9.70. The van der Waals surface area contributed by atoms with Crippen LogP contribution in [0.25, 0.3) is 27.5 Å². The number of pyridine rings is 1. The zero-order chi connectivity index (χ0) is 26.8. The van der Waals surface area contributed by atoms with E-state index in [2.05, 4.69) is 9.88 Å². The molecule has 5 aromatic rings. The summed E-state index contributed by atoms with van der Waals surface area (Å²) in [4.78, 5) is 18.4. The fourth-order valence-corrected chi connectivity index (χ4v) is 4.99. The molecular formula is C30H31N5O4. The number of nitrogens with two attached hydrogens (primary N) is 1. The van der Waals surface area contributed by atoms with Gasteiger partial charge in [0.25, 0.3) is 5.56 Å². The number of nitrogen functional groups attached to an aromatic ring is 1. The van der Waals surface area contributed by atoms with Crippen molar-refractivity contribution in [1.29, 1.82) is 0 Å². The summed E-state index contributed by atoms with van der Waals surface area (Å²) in [5.74, 6) is 2.46. The van der Waals surface area contributed by atoms with Gasteiger partial charge in [0.2, 0.25) is 0 Å². The summed E-state index contributed by atoms with van der Waals surface area (Å²) in [7, 11) is 0. The summed E-state index contributed by atoms with van der Waals surface area (Å²) >= 11 is 0. The van der Waals surface area contributed by atoms with Crippen molar-refractivity contribution in [3.05, 3.63) is 82.6 Å². The van der Waals surface area contributed by atoms with Gasteiger partial charge in [0, 0.05) is 31.1 Å². The Bertz CT molecular complexity index is 1670. The minimum atomic E-state index is -0.285. The lowest BCUT2D eigenvalue weighted by molar-refractivity contribution is 0.0358. The molecule has 0 bridgehead atoms. The van der Waals surface area contributed by atoms with Crippen LogP contribution in [0.5, 0.6) is 17.2 Å². The molecule has 1 aliphatic heterocycles. The number of anilines is 1. The predicted molar refractivity (Wildman–Crippen MR) is 152 cm³/mol. The molecule has 0 aliphatic carbocycles. The molecule has 0 unspecified atom stereocenters. The highest BCUT2D eigenvalue weighted by atomic mass is 16.5. The number of morpholine rings is 1. The molecule has 39 heavy (non-hydrogen) atoms. The van der Waals surface area contributed by atoms with Crippen molar-refractivity contribution in [2.24, 2.45) is 0 Å². The Kier molecular flexibility index (Phi) is 6.91.